The smallest absolute Gasteiger partial charge is 0.237 e. The lowest BCUT2D eigenvalue weighted by Gasteiger charge is -2.37. The number of anilines is 1. The van der Waals surface area contributed by atoms with Gasteiger partial charge in [0.2, 0.25) is 11.8 Å². The molecule has 1 unspecified atom stereocenters. The van der Waals surface area contributed by atoms with E-state index in [2.05, 4.69) is 15.5 Å². The first-order valence-corrected chi connectivity index (χ1v) is 9.24. The summed E-state index contributed by atoms with van der Waals surface area (Å²) in [6.07, 6.45) is 2.71. The van der Waals surface area contributed by atoms with Gasteiger partial charge in [0.1, 0.15) is 0 Å². The summed E-state index contributed by atoms with van der Waals surface area (Å²) >= 11 is 0. The highest BCUT2D eigenvalue weighted by atomic mass is 16.2. The predicted molar refractivity (Wildman–Crippen MR) is 98.3 cm³/mol. The van der Waals surface area contributed by atoms with Crippen molar-refractivity contribution in [2.75, 3.05) is 38.0 Å². The molecule has 0 aromatic heterocycles. The van der Waals surface area contributed by atoms with Crippen LogP contribution in [0.3, 0.4) is 0 Å². The van der Waals surface area contributed by atoms with Gasteiger partial charge in [0.15, 0.2) is 0 Å². The number of hydrogen-bond donors (Lipinski definition) is 2. The Hall–Kier alpha value is -2.08. The summed E-state index contributed by atoms with van der Waals surface area (Å²) in [7, 11) is 0. The van der Waals surface area contributed by atoms with E-state index in [1.54, 1.807) is 0 Å². The van der Waals surface area contributed by atoms with Crippen molar-refractivity contribution in [1.29, 1.82) is 0 Å². The Balaban J connectivity index is 1.36. The molecule has 0 spiro atoms. The molecule has 1 heterocycles. The van der Waals surface area contributed by atoms with Gasteiger partial charge in [0, 0.05) is 50.9 Å². The van der Waals surface area contributed by atoms with Crippen molar-refractivity contribution in [1.82, 2.24) is 15.1 Å². The highest BCUT2D eigenvalue weighted by Gasteiger charge is 2.30. The normalized spacial score (nSPS) is 19.3. The minimum atomic E-state index is -0.113. The van der Waals surface area contributed by atoms with Gasteiger partial charge >= 0.3 is 0 Å². The first-order valence-electron chi connectivity index (χ1n) is 9.24. The highest BCUT2D eigenvalue weighted by molar-refractivity contribution is 5.82. The fourth-order valence-electron chi connectivity index (χ4n) is 3.10. The standard InChI is InChI=1S/C19H28N4O2/c1-15(19(25)21-17-7-8-17)22-11-13-23(14-12-22)18(24)9-10-20-16-5-3-2-4-6-16/h2-6,15,17,20H,7-14H2,1H3,(H,21,25). The van der Waals surface area contributed by atoms with Crippen LogP contribution in [0.4, 0.5) is 5.69 Å². The number of benzene rings is 1. The van der Waals surface area contributed by atoms with Gasteiger partial charge in [-0.1, -0.05) is 18.2 Å². The number of para-hydroxylation sites is 1. The first kappa shape index (κ1) is 17.7. The Morgan fingerprint density at radius 2 is 1.80 bits per heavy atom. The quantitative estimate of drug-likeness (QED) is 0.783. The molecule has 0 bridgehead atoms. The second-order valence-electron chi connectivity index (χ2n) is 6.92. The number of amides is 2. The molecule has 6 nitrogen and oxygen atoms in total. The van der Waals surface area contributed by atoms with E-state index in [9.17, 15) is 9.59 Å². The zero-order chi connectivity index (χ0) is 17.6. The average Bonchev–Trinajstić information content (AvgIpc) is 3.46. The fourth-order valence-corrected chi connectivity index (χ4v) is 3.10. The summed E-state index contributed by atoms with van der Waals surface area (Å²) in [6, 6.07) is 10.2. The molecule has 1 aliphatic heterocycles. The average molecular weight is 344 g/mol. The van der Waals surface area contributed by atoms with Gasteiger partial charge in [-0.15, -0.1) is 0 Å². The SMILES string of the molecule is CC(C(=O)NC1CC1)N1CCN(C(=O)CCNc2ccccc2)CC1. The minimum Gasteiger partial charge on any atom is -0.385 e. The number of nitrogens with zero attached hydrogens (tertiary/aromatic N) is 2. The van der Waals surface area contributed by atoms with E-state index in [4.69, 9.17) is 0 Å². The van der Waals surface area contributed by atoms with E-state index in [0.29, 0.717) is 32.1 Å². The lowest BCUT2D eigenvalue weighted by Crippen LogP contribution is -2.55. The summed E-state index contributed by atoms with van der Waals surface area (Å²) in [6.45, 7) is 5.52. The number of hydrogen-bond acceptors (Lipinski definition) is 4. The van der Waals surface area contributed by atoms with Gasteiger partial charge in [-0.2, -0.15) is 0 Å². The number of carbonyl (C=O) groups excluding carboxylic acids is 2. The number of carbonyl (C=O) groups is 2. The molecule has 1 atom stereocenters. The summed E-state index contributed by atoms with van der Waals surface area (Å²) in [4.78, 5) is 28.6. The Labute approximate surface area is 149 Å². The van der Waals surface area contributed by atoms with Crippen LogP contribution in [0.2, 0.25) is 0 Å². The molecule has 1 saturated carbocycles. The molecule has 1 saturated heterocycles. The molecule has 1 aromatic rings. The van der Waals surface area contributed by atoms with E-state index in [1.165, 1.54) is 0 Å². The first-order chi connectivity index (χ1) is 12.1. The second kappa shape index (κ2) is 8.34. The third kappa shape index (κ3) is 5.19. The maximum absolute atomic E-state index is 12.3. The lowest BCUT2D eigenvalue weighted by molar-refractivity contribution is -0.134. The van der Waals surface area contributed by atoms with E-state index < -0.39 is 0 Å². The third-order valence-corrected chi connectivity index (χ3v) is 4.96. The maximum atomic E-state index is 12.3. The van der Waals surface area contributed by atoms with E-state index in [-0.39, 0.29) is 17.9 Å². The van der Waals surface area contributed by atoms with E-state index in [0.717, 1.165) is 31.6 Å². The molecule has 136 valence electrons. The molecule has 2 N–H and O–H groups in total. The van der Waals surface area contributed by atoms with Crippen LogP contribution in [0, 0.1) is 0 Å². The molecule has 6 heteroatoms. The lowest BCUT2D eigenvalue weighted by atomic mass is 10.2. The van der Waals surface area contributed by atoms with Crippen LogP contribution in [0.15, 0.2) is 30.3 Å². The van der Waals surface area contributed by atoms with Crippen LogP contribution in [0.5, 0.6) is 0 Å². The Bertz CT molecular complexity index is 580. The van der Waals surface area contributed by atoms with Gasteiger partial charge in [-0.25, -0.2) is 0 Å². The van der Waals surface area contributed by atoms with Crippen molar-refractivity contribution >= 4 is 17.5 Å². The van der Waals surface area contributed by atoms with Crippen molar-refractivity contribution in [2.24, 2.45) is 0 Å². The van der Waals surface area contributed by atoms with Gasteiger partial charge in [0.25, 0.3) is 0 Å². The van der Waals surface area contributed by atoms with Crippen LogP contribution < -0.4 is 10.6 Å². The molecule has 3 rings (SSSR count). The largest absolute Gasteiger partial charge is 0.385 e. The van der Waals surface area contributed by atoms with Crippen LogP contribution >= 0.6 is 0 Å². The molecule has 2 fully saturated rings. The fraction of sp³-hybridized carbons (Fsp3) is 0.579. The van der Waals surface area contributed by atoms with Crippen LogP contribution in [0.1, 0.15) is 26.2 Å². The molecule has 2 aliphatic rings. The Morgan fingerprint density at radius 3 is 2.44 bits per heavy atom. The van der Waals surface area contributed by atoms with Crippen LogP contribution in [-0.2, 0) is 9.59 Å². The monoisotopic (exact) mass is 344 g/mol. The summed E-state index contributed by atoms with van der Waals surface area (Å²) in [5, 5.41) is 6.33. The third-order valence-electron chi connectivity index (χ3n) is 4.96. The van der Waals surface area contributed by atoms with Gasteiger partial charge in [-0.05, 0) is 31.9 Å². The molecular weight excluding hydrogens is 316 g/mol. The second-order valence-corrected chi connectivity index (χ2v) is 6.92. The van der Waals surface area contributed by atoms with Crippen molar-refractivity contribution in [2.45, 2.75) is 38.3 Å². The zero-order valence-corrected chi connectivity index (χ0v) is 14.9. The van der Waals surface area contributed by atoms with Gasteiger partial charge in [0.05, 0.1) is 6.04 Å². The maximum Gasteiger partial charge on any atom is 0.237 e. The molecule has 25 heavy (non-hydrogen) atoms. The van der Waals surface area contributed by atoms with Crippen LogP contribution in [0.25, 0.3) is 0 Å². The minimum absolute atomic E-state index is 0.113. The van der Waals surface area contributed by atoms with E-state index in [1.807, 2.05) is 42.2 Å². The Morgan fingerprint density at radius 1 is 1.12 bits per heavy atom. The number of nitrogens with one attached hydrogen (secondary N) is 2. The van der Waals surface area contributed by atoms with Crippen molar-refractivity contribution < 1.29 is 9.59 Å². The molecule has 0 radical (unpaired) electrons. The van der Waals surface area contributed by atoms with Crippen molar-refractivity contribution in [3.05, 3.63) is 30.3 Å². The van der Waals surface area contributed by atoms with Gasteiger partial charge in [-0.3, -0.25) is 14.5 Å². The summed E-state index contributed by atoms with van der Waals surface area (Å²) in [5.74, 6) is 0.299. The highest BCUT2D eigenvalue weighted by Crippen LogP contribution is 2.19. The summed E-state index contributed by atoms with van der Waals surface area (Å²) in [5.41, 5.74) is 1.04. The summed E-state index contributed by atoms with van der Waals surface area (Å²) < 4.78 is 0. The van der Waals surface area contributed by atoms with E-state index >= 15 is 0 Å². The molecule has 2 amide bonds. The van der Waals surface area contributed by atoms with Crippen molar-refractivity contribution in [3.8, 4) is 0 Å². The zero-order valence-electron chi connectivity index (χ0n) is 14.9. The Kier molecular flexibility index (Phi) is 5.91. The van der Waals surface area contributed by atoms with Crippen LogP contribution in [-0.4, -0.2) is 66.4 Å². The van der Waals surface area contributed by atoms with Gasteiger partial charge < -0.3 is 15.5 Å². The topological polar surface area (TPSA) is 64.7 Å². The van der Waals surface area contributed by atoms with Crippen molar-refractivity contribution in [3.63, 3.8) is 0 Å². The predicted octanol–water partition coefficient (Wildman–Crippen LogP) is 1.30. The number of rotatable bonds is 7. The molecular formula is C19H28N4O2. The number of piperazine rings is 1. The molecule has 1 aromatic carbocycles. The molecule has 1 aliphatic carbocycles.